The van der Waals surface area contributed by atoms with Crippen molar-refractivity contribution in [1.82, 2.24) is 14.8 Å². The van der Waals surface area contributed by atoms with Crippen LogP contribution in [0, 0.1) is 0 Å². The number of nitrogens with zero attached hydrogens (tertiary/aromatic N) is 2. The van der Waals surface area contributed by atoms with E-state index in [0.717, 1.165) is 32.5 Å². The van der Waals surface area contributed by atoms with Crippen LogP contribution < -0.4 is 0 Å². The summed E-state index contributed by atoms with van der Waals surface area (Å²) in [4.78, 5) is 20.9. The van der Waals surface area contributed by atoms with Crippen molar-refractivity contribution in [2.24, 2.45) is 0 Å². The Balaban J connectivity index is 1.48. The highest BCUT2D eigenvalue weighted by molar-refractivity contribution is 5.86. The van der Waals surface area contributed by atoms with Gasteiger partial charge in [0.15, 0.2) is 0 Å². The molecule has 1 aromatic carbocycles. The second kappa shape index (κ2) is 6.60. The molecule has 1 amide bonds. The van der Waals surface area contributed by atoms with Gasteiger partial charge in [-0.15, -0.1) is 0 Å². The Hall–Kier alpha value is -1.81. The van der Waals surface area contributed by atoms with Gasteiger partial charge in [-0.3, -0.25) is 9.69 Å². The van der Waals surface area contributed by atoms with Crippen LogP contribution in [0.2, 0.25) is 0 Å². The maximum atomic E-state index is 12.9. The average molecular weight is 325 g/mol. The van der Waals surface area contributed by atoms with Crippen molar-refractivity contribution in [2.75, 3.05) is 19.6 Å². The van der Waals surface area contributed by atoms with Gasteiger partial charge in [-0.05, 0) is 31.9 Å². The van der Waals surface area contributed by atoms with Gasteiger partial charge >= 0.3 is 0 Å². The quantitative estimate of drug-likeness (QED) is 0.940. The summed E-state index contributed by atoms with van der Waals surface area (Å²) in [5, 5.41) is 1.27. The molecule has 2 aliphatic heterocycles. The van der Waals surface area contributed by atoms with Gasteiger partial charge in [-0.1, -0.05) is 31.5 Å². The van der Waals surface area contributed by atoms with Gasteiger partial charge in [-0.2, -0.15) is 0 Å². The molecule has 1 saturated heterocycles. The third-order valence-corrected chi connectivity index (χ3v) is 5.79. The van der Waals surface area contributed by atoms with Gasteiger partial charge in [0.05, 0.1) is 6.54 Å². The van der Waals surface area contributed by atoms with Crippen LogP contribution in [0.15, 0.2) is 24.3 Å². The molecule has 4 heteroatoms. The number of para-hydroxylation sites is 1. The molecule has 1 unspecified atom stereocenters. The molecule has 1 atom stereocenters. The number of H-pyrrole nitrogens is 1. The van der Waals surface area contributed by atoms with E-state index in [9.17, 15) is 4.79 Å². The second-order valence-corrected chi connectivity index (χ2v) is 7.22. The number of hydrogen-bond donors (Lipinski definition) is 1. The van der Waals surface area contributed by atoms with E-state index in [1.54, 1.807) is 0 Å². The first-order valence-electron chi connectivity index (χ1n) is 9.36. The topological polar surface area (TPSA) is 39.3 Å². The zero-order valence-corrected chi connectivity index (χ0v) is 14.6. The molecule has 0 radical (unpaired) electrons. The van der Waals surface area contributed by atoms with E-state index in [4.69, 9.17) is 0 Å². The standard InChI is InChI=1S/C20H27N3O/c1-2-15-7-5-6-11-22(15)14-20(24)23-12-10-19-17(13-23)16-8-3-4-9-18(16)21-19/h3-4,8-9,15,21H,2,5-7,10-14H2,1H3. The number of benzene rings is 1. The van der Waals surface area contributed by atoms with Crippen LogP contribution in [0.5, 0.6) is 0 Å². The summed E-state index contributed by atoms with van der Waals surface area (Å²) in [7, 11) is 0. The van der Waals surface area contributed by atoms with Crippen molar-refractivity contribution < 1.29 is 4.79 Å². The average Bonchev–Trinajstić information content (AvgIpc) is 3.00. The van der Waals surface area contributed by atoms with Gasteiger partial charge in [0.2, 0.25) is 5.91 Å². The van der Waals surface area contributed by atoms with Crippen LogP contribution in [0.1, 0.15) is 43.9 Å². The molecule has 1 N–H and O–H groups in total. The predicted molar refractivity (Wildman–Crippen MR) is 96.9 cm³/mol. The van der Waals surface area contributed by atoms with E-state index in [1.165, 1.54) is 41.4 Å². The highest BCUT2D eigenvalue weighted by Gasteiger charge is 2.28. The van der Waals surface area contributed by atoms with Crippen LogP contribution in [0.4, 0.5) is 0 Å². The molecule has 2 aliphatic rings. The lowest BCUT2D eigenvalue weighted by atomic mass is 10.00. The van der Waals surface area contributed by atoms with E-state index in [-0.39, 0.29) is 0 Å². The van der Waals surface area contributed by atoms with Crippen LogP contribution in [-0.4, -0.2) is 46.4 Å². The number of amides is 1. The molecule has 4 rings (SSSR count). The van der Waals surface area contributed by atoms with E-state index in [0.29, 0.717) is 18.5 Å². The smallest absolute Gasteiger partial charge is 0.237 e. The van der Waals surface area contributed by atoms with E-state index in [1.807, 2.05) is 0 Å². The van der Waals surface area contributed by atoms with E-state index >= 15 is 0 Å². The van der Waals surface area contributed by atoms with Crippen molar-refractivity contribution in [3.8, 4) is 0 Å². The maximum absolute atomic E-state index is 12.9. The molecule has 24 heavy (non-hydrogen) atoms. The number of likely N-dealkylation sites (tertiary alicyclic amines) is 1. The molecular formula is C20H27N3O. The van der Waals surface area contributed by atoms with Gasteiger partial charge < -0.3 is 9.88 Å². The summed E-state index contributed by atoms with van der Waals surface area (Å²) in [5.74, 6) is 0.297. The summed E-state index contributed by atoms with van der Waals surface area (Å²) in [6.45, 7) is 5.51. The maximum Gasteiger partial charge on any atom is 0.237 e. The van der Waals surface area contributed by atoms with Crippen molar-refractivity contribution in [3.63, 3.8) is 0 Å². The van der Waals surface area contributed by atoms with Gasteiger partial charge in [-0.25, -0.2) is 0 Å². The number of nitrogens with one attached hydrogen (secondary N) is 1. The molecule has 3 heterocycles. The molecule has 4 nitrogen and oxygen atoms in total. The summed E-state index contributed by atoms with van der Waals surface area (Å²) >= 11 is 0. The summed E-state index contributed by atoms with van der Waals surface area (Å²) in [5.41, 5.74) is 3.82. The van der Waals surface area contributed by atoms with Crippen LogP contribution in [-0.2, 0) is 17.8 Å². The fourth-order valence-corrected chi connectivity index (χ4v) is 4.38. The molecule has 0 bridgehead atoms. The lowest BCUT2D eigenvalue weighted by Gasteiger charge is -2.36. The minimum Gasteiger partial charge on any atom is -0.358 e. The zero-order chi connectivity index (χ0) is 16.5. The Kier molecular flexibility index (Phi) is 4.31. The molecule has 0 saturated carbocycles. The highest BCUT2D eigenvalue weighted by atomic mass is 16.2. The minimum atomic E-state index is 0.297. The first kappa shape index (κ1) is 15.7. The van der Waals surface area contributed by atoms with Crippen molar-refractivity contribution in [3.05, 3.63) is 35.5 Å². The van der Waals surface area contributed by atoms with Crippen molar-refractivity contribution in [1.29, 1.82) is 0 Å². The molecule has 2 aromatic rings. The third kappa shape index (κ3) is 2.84. The fraction of sp³-hybridized carbons (Fsp3) is 0.550. The van der Waals surface area contributed by atoms with E-state index < -0.39 is 0 Å². The monoisotopic (exact) mass is 325 g/mol. The first-order chi connectivity index (χ1) is 11.8. The van der Waals surface area contributed by atoms with Gasteiger partial charge in [0.25, 0.3) is 0 Å². The predicted octanol–water partition coefficient (Wildman–Crippen LogP) is 3.32. The van der Waals surface area contributed by atoms with Gasteiger partial charge in [0.1, 0.15) is 0 Å². The van der Waals surface area contributed by atoms with Crippen molar-refractivity contribution >= 4 is 16.8 Å². The van der Waals surface area contributed by atoms with Gasteiger partial charge in [0, 0.05) is 47.7 Å². The van der Waals surface area contributed by atoms with Crippen LogP contribution in [0.3, 0.4) is 0 Å². The third-order valence-electron chi connectivity index (χ3n) is 5.79. The Labute approximate surface area is 143 Å². The molecule has 128 valence electrons. The lowest BCUT2D eigenvalue weighted by Crippen LogP contribution is -2.47. The molecule has 0 aliphatic carbocycles. The van der Waals surface area contributed by atoms with E-state index in [2.05, 4.69) is 46.0 Å². The SMILES string of the molecule is CCC1CCCCN1CC(=O)N1CCc2[nH]c3ccccc3c2C1. The molecule has 0 spiro atoms. The lowest BCUT2D eigenvalue weighted by molar-refractivity contribution is -0.134. The number of carbonyl (C=O) groups excluding carboxylic acids is 1. The summed E-state index contributed by atoms with van der Waals surface area (Å²) in [6, 6.07) is 9.03. The summed E-state index contributed by atoms with van der Waals surface area (Å²) in [6.07, 6.45) is 5.88. The number of rotatable bonds is 3. The Morgan fingerprint density at radius 2 is 2.12 bits per heavy atom. The number of fused-ring (bicyclic) bond motifs is 3. The number of piperidine rings is 1. The number of aromatic amines is 1. The number of carbonyl (C=O) groups is 1. The Morgan fingerprint density at radius 3 is 3.00 bits per heavy atom. The minimum absolute atomic E-state index is 0.297. The number of aromatic nitrogens is 1. The molecule has 1 aromatic heterocycles. The normalized spacial score (nSPS) is 21.9. The number of hydrogen-bond acceptors (Lipinski definition) is 2. The largest absolute Gasteiger partial charge is 0.358 e. The molecular weight excluding hydrogens is 298 g/mol. The highest BCUT2D eigenvalue weighted by Crippen LogP contribution is 2.28. The molecule has 1 fully saturated rings. The first-order valence-corrected chi connectivity index (χ1v) is 9.36. The Bertz CT molecular complexity index is 736. The fourth-order valence-electron chi connectivity index (χ4n) is 4.38. The zero-order valence-electron chi connectivity index (χ0n) is 14.6. The Morgan fingerprint density at radius 1 is 1.25 bits per heavy atom. The van der Waals surface area contributed by atoms with Crippen molar-refractivity contribution in [2.45, 2.75) is 51.6 Å². The van der Waals surface area contributed by atoms with Crippen LogP contribution >= 0.6 is 0 Å². The second-order valence-electron chi connectivity index (χ2n) is 7.22. The van der Waals surface area contributed by atoms with Crippen LogP contribution in [0.25, 0.3) is 10.9 Å². The summed E-state index contributed by atoms with van der Waals surface area (Å²) < 4.78 is 0.